The van der Waals surface area contributed by atoms with E-state index in [1.54, 1.807) is 58.9 Å². The Morgan fingerprint density at radius 1 is 0.557 bits per heavy atom. The lowest BCUT2D eigenvalue weighted by molar-refractivity contribution is -0.143. The van der Waals surface area contributed by atoms with Crippen molar-refractivity contribution in [2.45, 2.75) is 156 Å². The summed E-state index contributed by atoms with van der Waals surface area (Å²) in [6, 6.07) is 1.60. The predicted molar refractivity (Wildman–Crippen MR) is 254 cm³/mol. The van der Waals surface area contributed by atoms with Crippen molar-refractivity contribution in [3.05, 3.63) is 24.3 Å². The van der Waals surface area contributed by atoms with Gasteiger partial charge in [0.05, 0.1) is 24.9 Å². The van der Waals surface area contributed by atoms with Crippen molar-refractivity contribution < 1.29 is 67.7 Å². The number of ketones is 3. The molecule has 0 spiro atoms. The highest BCUT2D eigenvalue weighted by Gasteiger charge is 2.40. The molecule has 21 nitrogen and oxygen atoms in total. The number of carbonyl (C=O) groups is 12. The average molecular weight is 982 g/mol. The first kappa shape index (κ1) is 57.8. The Balaban J connectivity index is 1.56. The topological polar surface area (TPSA) is 312 Å². The van der Waals surface area contributed by atoms with Crippen LogP contribution in [-0.2, 0) is 57.5 Å². The zero-order valence-corrected chi connectivity index (χ0v) is 41.5. The highest BCUT2D eigenvalue weighted by Crippen LogP contribution is 2.27. The molecule has 21 heteroatoms. The fourth-order valence-electron chi connectivity index (χ4n) is 8.44. The summed E-state index contributed by atoms with van der Waals surface area (Å²) in [6.45, 7) is 13.6. The van der Waals surface area contributed by atoms with Crippen LogP contribution < -0.4 is 26.6 Å². The van der Waals surface area contributed by atoms with Crippen molar-refractivity contribution in [3.63, 3.8) is 0 Å². The van der Waals surface area contributed by atoms with E-state index in [2.05, 4.69) is 26.6 Å². The zero-order chi connectivity index (χ0) is 52.6. The highest BCUT2D eigenvalue weighted by atomic mass is 16.4. The minimum absolute atomic E-state index is 0.158. The Bertz CT molecular complexity index is 1980. The molecule has 3 rings (SSSR count). The van der Waals surface area contributed by atoms with Crippen LogP contribution in [0.2, 0.25) is 0 Å². The third-order valence-corrected chi connectivity index (χ3v) is 12.7. The number of rotatable bonds is 27. The van der Waals surface area contributed by atoms with Gasteiger partial charge in [0, 0.05) is 74.3 Å². The number of aliphatic carboxylic acids is 2. The van der Waals surface area contributed by atoms with Gasteiger partial charge in [0.15, 0.2) is 11.6 Å². The standard InChI is InChI=1S/C49H71N7O14/c1-26(2)35(25-39(59)36-11-9-21-55(36)49(70)31(8)51-44(65)28(5)23-34(57)17-19-41(61)62)45(66)52-32-13-15-33(16-14-32)53-47(68)43(27(3)4)54-46(67)37-12-10-22-56(37)48(69)29(6)24-38(58)30(7)50-40(60)18-20-42(63)64/h13-16,26-31,35-37,43H,9-12,17-25H2,1-8H3,(H,50,60)(H,51,65)(H,52,66)(H,53,68)(H,54,67)(H,61,62)(H,63,64)/t28-,29-,30+,31+,35?,36?,37?,43?/m1/s1. The minimum atomic E-state index is -1.15. The van der Waals surface area contributed by atoms with E-state index in [9.17, 15) is 57.5 Å². The molecule has 8 atom stereocenters. The van der Waals surface area contributed by atoms with Crippen LogP contribution in [-0.4, -0.2) is 134 Å². The number of carbonyl (C=O) groups excluding carboxylic acids is 10. The number of anilines is 2. The number of likely N-dealkylation sites (tertiary alicyclic amines) is 2. The maximum Gasteiger partial charge on any atom is 0.303 e. The van der Waals surface area contributed by atoms with Crippen LogP contribution in [0.1, 0.15) is 126 Å². The summed E-state index contributed by atoms with van der Waals surface area (Å²) in [4.78, 5) is 156. The summed E-state index contributed by atoms with van der Waals surface area (Å²) < 4.78 is 0. The van der Waals surface area contributed by atoms with E-state index in [-0.39, 0.29) is 81.4 Å². The largest absolute Gasteiger partial charge is 0.481 e. The number of carboxylic acids is 2. The molecule has 0 radical (unpaired) electrons. The van der Waals surface area contributed by atoms with Gasteiger partial charge in [-0.15, -0.1) is 0 Å². The van der Waals surface area contributed by atoms with Gasteiger partial charge < -0.3 is 46.6 Å². The summed E-state index contributed by atoms with van der Waals surface area (Å²) in [6.07, 6.45) is -0.00846. The Morgan fingerprint density at radius 3 is 1.63 bits per heavy atom. The van der Waals surface area contributed by atoms with Crippen LogP contribution in [0.3, 0.4) is 0 Å². The molecule has 0 saturated carbocycles. The van der Waals surface area contributed by atoms with Crippen molar-refractivity contribution in [2.75, 3.05) is 23.7 Å². The third-order valence-electron chi connectivity index (χ3n) is 12.7. The van der Waals surface area contributed by atoms with Crippen molar-refractivity contribution in [1.29, 1.82) is 0 Å². The number of nitrogens with one attached hydrogen (secondary N) is 5. The maximum atomic E-state index is 13.7. The number of amides is 7. The van der Waals surface area contributed by atoms with Crippen LogP contribution in [0.15, 0.2) is 24.3 Å². The van der Waals surface area contributed by atoms with Crippen LogP contribution in [0.25, 0.3) is 0 Å². The second-order valence-electron chi connectivity index (χ2n) is 19.2. The number of Topliss-reactive ketones (excluding diaryl/α,β-unsaturated/α-hetero) is 3. The molecule has 0 aliphatic carbocycles. The number of carboxylic acid groups (broad SMARTS) is 2. The van der Waals surface area contributed by atoms with E-state index in [1.165, 1.54) is 30.6 Å². The second kappa shape index (κ2) is 27.0. The van der Waals surface area contributed by atoms with Crippen molar-refractivity contribution in [3.8, 4) is 0 Å². The molecule has 2 saturated heterocycles. The monoisotopic (exact) mass is 982 g/mol. The van der Waals surface area contributed by atoms with Crippen molar-refractivity contribution in [1.82, 2.24) is 25.8 Å². The molecule has 2 fully saturated rings. The van der Waals surface area contributed by atoms with E-state index in [0.717, 1.165) is 0 Å². The fraction of sp³-hybridized carbons (Fsp3) is 0.633. The van der Waals surface area contributed by atoms with E-state index in [4.69, 9.17) is 10.2 Å². The summed E-state index contributed by atoms with van der Waals surface area (Å²) in [5.41, 5.74) is 0.740. The van der Waals surface area contributed by atoms with Crippen LogP contribution in [0.5, 0.6) is 0 Å². The molecule has 2 aliphatic heterocycles. The molecule has 1 aromatic rings. The van der Waals surface area contributed by atoms with E-state index in [1.807, 2.05) is 0 Å². The number of benzene rings is 1. The van der Waals surface area contributed by atoms with Gasteiger partial charge in [-0.25, -0.2) is 0 Å². The lowest BCUT2D eigenvalue weighted by atomic mass is 9.87. The molecule has 0 bridgehead atoms. The first-order valence-corrected chi connectivity index (χ1v) is 24.0. The lowest BCUT2D eigenvalue weighted by Crippen LogP contribution is -2.54. The first-order chi connectivity index (χ1) is 32.8. The highest BCUT2D eigenvalue weighted by molar-refractivity contribution is 6.01. The zero-order valence-electron chi connectivity index (χ0n) is 41.5. The Kier molecular flexibility index (Phi) is 22.3. The second-order valence-corrected chi connectivity index (χ2v) is 19.2. The van der Waals surface area contributed by atoms with Gasteiger partial charge in [-0.2, -0.15) is 0 Å². The van der Waals surface area contributed by atoms with Gasteiger partial charge in [-0.05, 0) is 75.6 Å². The molecule has 7 N–H and O–H groups in total. The van der Waals surface area contributed by atoms with Gasteiger partial charge in [0.2, 0.25) is 41.4 Å². The minimum Gasteiger partial charge on any atom is -0.481 e. The van der Waals surface area contributed by atoms with E-state index >= 15 is 0 Å². The fourth-order valence-corrected chi connectivity index (χ4v) is 8.44. The number of nitrogens with zero attached hydrogens (tertiary/aromatic N) is 2. The Labute approximate surface area is 408 Å². The number of hydrogen-bond donors (Lipinski definition) is 7. The molecule has 2 aliphatic rings. The number of hydrogen-bond acceptors (Lipinski definition) is 12. The molecule has 70 heavy (non-hydrogen) atoms. The van der Waals surface area contributed by atoms with Gasteiger partial charge in [-0.1, -0.05) is 41.5 Å². The predicted octanol–water partition coefficient (Wildman–Crippen LogP) is 2.85. The molecule has 7 amide bonds. The smallest absolute Gasteiger partial charge is 0.303 e. The Hall–Kier alpha value is -6.54. The summed E-state index contributed by atoms with van der Waals surface area (Å²) in [7, 11) is 0. The SMILES string of the molecule is CC(C)C(CC(=O)C1CCCN1C(=O)[C@H](C)NC(=O)[C@H](C)CC(=O)CCC(=O)O)C(=O)Nc1ccc(NC(=O)C(NC(=O)C2CCCN2C(=O)[C@H](C)CC(=O)[C@H](C)NC(=O)CCC(=O)O)C(C)C)cc1. The van der Waals surface area contributed by atoms with E-state index < -0.39 is 107 Å². The van der Waals surface area contributed by atoms with Gasteiger partial charge in [0.1, 0.15) is 23.9 Å². The van der Waals surface area contributed by atoms with Gasteiger partial charge in [0.25, 0.3) is 0 Å². The maximum absolute atomic E-state index is 13.7. The van der Waals surface area contributed by atoms with Crippen molar-refractivity contribution in [2.24, 2.45) is 29.6 Å². The quantitative estimate of drug-likeness (QED) is 0.0667. The molecule has 0 aromatic heterocycles. The Morgan fingerprint density at radius 2 is 1.09 bits per heavy atom. The van der Waals surface area contributed by atoms with Gasteiger partial charge in [-0.3, -0.25) is 57.5 Å². The van der Waals surface area contributed by atoms with Crippen molar-refractivity contribution >= 4 is 82.0 Å². The van der Waals surface area contributed by atoms with E-state index in [0.29, 0.717) is 37.1 Å². The summed E-state index contributed by atoms with van der Waals surface area (Å²) in [5, 5.41) is 31.1. The van der Waals surface area contributed by atoms with Crippen LogP contribution in [0, 0.1) is 29.6 Å². The van der Waals surface area contributed by atoms with Crippen LogP contribution in [0.4, 0.5) is 11.4 Å². The molecule has 386 valence electrons. The first-order valence-electron chi connectivity index (χ1n) is 24.0. The molecule has 2 heterocycles. The normalized spacial score (nSPS) is 18.1. The van der Waals surface area contributed by atoms with Gasteiger partial charge >= 0.3 is 11.9 Å². The molecule has 4 unspecified atom stereocenters. The average Bonchev–Trinajstić information content (AvgIpc) is 3.99. The summed E-state index contributed by atoms with van der Waals surface area (Å²) in [5.74, 6) is -10.00. The van der Waals surface area contributed by atoms with Crippen LogP contribution >= 0.6 is 0 Å². The molecular weight excluding hydrogens is 911 g/mol. The lowest BCUT2D eigenvalue weighted by Gasteiger charge is -2.29. The molecule has 1 aromatic carbocycles. The molecular formula is C49H71N7O14. The summed E-state index contributed by atoms with van der Waals surface area (Å²) >= 11 is 0. The third kappa shape index (κ3) is 17.5.